The van der Waals surface area contributed by atoms with Crippen LogP contribution in [0, 0.1) is 6.92 Å². The number of rotatable bonds is 5. The average molecular weight is 261 g/mol. The van der Waals surface area contributed by atoms with Crippen LogP contribution in [0.25, 0.3) is 0 Å². The molecule has 5 nitrogen and oxygen atoms in total. The van der Waals surface area contributed by atoms with Gasteiger partial charge in [0.05, 0.1) is 24.5 Å². The molecule has 0 radical (unpaired) electrons. The van der Waals surface area contributed by atoms with Gasteiger partial charge in [-0.2, -0.15) is 0 Å². The van der Waals surface area contributed by atoms with Crippen molar-refractivity contribution < 1.29 is 9.26 Å². The minimum Gasteiger partial charge on any atom is -0.492 e. The smallest absolute Gasteiger partial charge is 0.144 e. The fourth-order valence-corrected chi connectivity index (χ4v) is 1.97. The largest absolute Gasteiger partial charge is 0.492 e. The van der Waals surface area contributed by atoms with Crippen molar-refractivity contribution >= 4 is 11.4 Å². The zero-order valence-electron chi connectivity index (χ0n) is 11.5. The average Bonchev–Trinajstić information content (AvgIpc) is 2.77. The van der Waals surface area contributed by atoms with Crippen molar-refractivity contribution in [3.05, 3.63) is 35.7 Å². The van der Waals surface area contributed by atoms with Crippen LogP contribution in [0.1, 0.15) is 18.4 Å². The number of benzene rings is 1. The zero-order valence-corrected chi connectivity index (χ0v) is 11.5. The molecule has 0 bridgehead atoms. The molecule has 2 rings (SSSR count). The normalized spacial score (nSPS) is 10.5. The molecule has 5 heteroatoms. The van der Waals surface area contributed by atoms with Crippen LogP contribution >= 0.6 is 0 Å². The van der Waals surface area contributed by atoms with Gasteiger partial charge in [0.25, 0.3) is 0 Å². The predicted molar refractivity (Wildman–Crippen MR) is 75.4 cm³/mol. The summed E-state index contributed by atoms with van der Waals surface area (Å²) in [5.74, 6) is 1.52. The summed E-state index contributed by atoms with van der Waals surface area (Å²) in [6.07, 6.45) is 0. The molecule has 1 aromatic carbocycles. The molecule has 0 aliphatic heterocycles. The lowest BCUT2D eigenvalue weighted by molar-refractivity contribution is 0.342. The topological polar surface area (TPSA) is 64.5 Å². The van der Waals surface area contributed by atoms with E-state index in [1.165, 1.54) is 0 Å². The van der Waals surface area contributed by atoms with Gasteiger partial charge in [-0.1, -0.05) is 11.2 Å². The molecule has 102 valence electrons. The van der Waals surface area contributed by atoms with Crippen molar-refractivity contribution in [1.82, 2.24) is 5.16 Å². The summed E-state index contributed by atoms with van der Waals surface area (Å²) in [5.41, 5.74) is 8.56. The third kappa shape index (κ3) is 2.99. The molecule has 1 heterocycles. The molecular formula is C14H19N3O2. The molecule has 0 atom stereocenters. The van der Waals surface area contributed by atoms with E-state index < -0.39 is 0 Å². The maximum Gasteiger partial charge on any atom is 0.144 e. The number of nitrogen functional groups attached to an aromatic ring is 1. The van der Waals surface area contributed by atoms with Crippen molar-refractivity contribution in [2.75, 3.05) is 24.3 Å². The predicted octanol–water partition coefficient (Wildman–Crippen LogP) is 2.60. The minimum absolute atomic E-state index is 0.597. The van der Waals surface area contributed by atoms with Gasteiger partial charge in [-0.3, -0.25) is 0 Å². The first-order chi connectivity index (χ1) is 9.11. The van der Waals surface area contributed by atoms with Crippen molar-refractivity contribution in [3.8, 4) is 5.75 Å². The van der Waals surface area contributed by atoms with Gasteiger partial charge in [0.15, 0.2) is 0 Å². The van der Waals surface area contributed by atoms with E-state index in [-0.39, 0.29) is 0 Å². The Morgan fingerprint density at radius 3 is 2.84 bits per heavy atom. The van der Waals surface area contributed by atoms with Crippen LogP contribution in [0.3, 0.4) is 0 Å². The summed E-state index contributed by atoms with van der Waals surface area (Å²) in [6.45, 7) is 5.05. The second-order valence-electron chi connectivity index (χ2n) is 4.41. The van der Waals surface area contributed by atoms with Gasteiger partial charge in [-0.15, -0.1) is 0 Å². The van der Waals surface area contributed by atoms with E-state index in [0.29, 0.717) is 24.6 Å². The summed E-state index contributed by atoms with van der Waals surface area (Å²) >= 11 is 0. The summed E-state index contributed by atoms with van der Waals surface area (Å²) in [6, 6.07) is 7.68. The molecular weight excluding hydrogens is 242 g/mol. The van der Waals surface area contributed by atoms with E-state index >= 15 is 0 Å². The maximum absolute atomic E-state index is 6.12. The number of ether oxygens (including phenoxy) is 1. The molecule has 0 aliphatic rings. The van der Waals surface area contributed by atoms with E-state index in [9.17, 15) is 0 Å². The van der Waals surface area contributed by atoms with Gasteiger partial charge in [-0.25, -0.2) is 0 Å². The molecule has 0 spiro atoms. The highest BCUT2D eigenvalue weighted by atomic mass is 16.5. The number of hydrogen-bond donors (Lipinski definition) is 1. The second kappa shape index (κ2) is 5.65. The first-order valence-electron chi connectivity index (χ1n) is 6.26. The SMILES string of the molecule is CCOc1cccc(N(C)Cc2cc(C)on2)c1N. The number of nitrogens with zero attached hydrogens (tertiary/aromatic N) is 2. The molecule has 2 aromatic rings. The number of anilines is 2. The Balaban J connectivity index is 2.18. The number of para-hydroxylation sites is 1. The highest BCUT2D eigenvalue weighted by molar-refractivity contribution is 5.73. The number of aryl methyl sites for hydroxylation is 1. The molecule has 0 saturated carbocycles. The van der Waals surface area contributed by atoms with Gasteiger partial charge in [0.1, 0.15) is 17.2 Å². The Kier molecular flexibility index (Phi) is 3.94. The lowest BCUT2D eigenvalue weighted by Gasteiger charge is -2.21. The summed E-state index contributed by atoms with van der Waals surface area (Å²) < 4.78 is 10.6. The van der Waals surface area contributed by atoms with E-state index in [1.807, 2.05) is 50.1 Å². The summed E-state index contributed by atoms with van der Waals surface area (Å²) in [7, 11) is 1.96. The monoisotopic (exact) mass is 261 g/mol. The van der Waals surface area contributed by atoms with Crippen molar-refractivity contribution in [2.45, 2.75) is 20.4 Å². The Hall–Kier alpha value is -2.17. The Bertz CT molecular complexity index is 551. The Morgan fingerprint density at radius 1 is 1.42 bits per heavy atom. The van der Waals surface area contributed by atoms with E-state index in [1.54, 1.807) is 0 Å². The van der Waals surface area contributed by atoms with Crippen LogP contribution in [0.5, 0.6) is 5.75 Å². The molecule has 0 unspecified atom stereocenters. The van der Waals surface area contributed by atoms with Gasteiger partial charge < -0.3 is 19.9 Å². The van der Waals surface area contributed by atoms with Crippen LogP contribution in [0.15, 0.2) is 28.8 Å². The molecule has 1 aromatic heterocycles. The quantitative estimate of drug-likeness (QED) is 0.838. The van der Waals surface area contributed by atoms with Crippen LogP contribution in [0.4, 0.5) is 11.4 Å². The van der Waals surface area contributed by atoms with Gasteiger partial charge in [-0.05, 0) is 26.0 Å². The van der Waals surface area contributed by atoms with Gasteiger partial charge in [0.2, 0.25) is 0 Å². The molecule has 0 aliphatic carbocycles. The lowest BCUT2D eigenvalue weighted by atomic mass is 10.2. The van der Waals surface area contributed by atoms with E-state index in [0.717, 1.165) is 17.1 Å². The molecule has 0 amide bonds. The Morgan fingerprint density at radius 2 is 2.21 bits per heavy atom. The molecule has 0 saturated heterocycles. The summed E-state index contributed by atoms with van der Waals surface area (Å²) in [4.78, 5) is 2.02. The first kappa shape index (κ1) is 13.3. The van der Waals surface area contributed by atoms with E-state index in [4.69, 9.17) is 15.0 Å². The van der Waals surface area contributed by atoms with Crippen LogP contribution in [0.2, 0.25) is 0 Å². The zero-order chi connectivity index (χ0) is 13.8. The fraction of sp³-hybridized carbons (Fsp3) is 0.357. The van der Waals surface area contributed by atoms with Gasteiger partial charge >= 0.3 is 0 Å². The number of aromatic nitrogens is 1. The first-order valence-corrected chi connectivity index (χ1v) is 6.26. The van der Waals surface area contributed by atoms with Crippen LogP contribution in [-0.2, 0) is 6.54 Å². The molecule has 19 heavy (non-hydrogen) atoms. The molecule has 0 fully saturated rings. The third-order valence-corrected chi connectivity index (χ3v) is 2.83. The molecule has 2 N–H and O–H groups in total. The van der Waals surface area contributed by atoms with Crippen LogP contribution < -0.4 is 15.4 Å². The standard InChI is InChI=1S/C14H19N3O2/c1-4-18-13-7-5-6-12(14(13)15)17(3)9-11-8-10(2)19-16-11/h5-8H,4,9,15H2,1-3H3. The Labute approximate surface area is 112 Å². The number of hydrogen-bond acceptors (Lipinski definition) is 5. The van der Waals surface area contributed by atoms with Crippen molar-refractivity contribution in [1.29, 1.82) is 0 Å². The highest BCUT2D eigenvalue weighted by Gasteiger charge is 2.11. The second-order valence-corrected chi connectivity index (χ2v) is 4.41. The number of nitrogens with two attached hydrogens (primary N) is 1. The lowest BCUT2D eigenvalue weighted by Crippen LogP contribution is -2.18. The van der Waals surface area contributed by atoms with E-state index in [2.05, 4.69) is 5.16 Å². The van der Waals surface area contributed by atoms with Crippen LogP contribution in [-0.4, -0.2) is 18.8 Å². The summed E-state index contributed by atoms with van der Waals surface area (Å²) in [5, 5.41) is 3.98. The highest BCUT2D eigenvalue weighted by Crippen LogP contribution is 2.32. The third-order valence-electron chi connectivity index (χ3n) is 2.83. The van der Waals surface area contributed by atoms with Crippen molar-refractivity contribution in [2.24, 2.45) is 0 Å². The van der Waals surface area contributed by atoms with Crippen molar-refractivity contribution in [3.63, 3.8) is 0 Å². The fourth-order valence-electron chi connectivity index (χ4n) is 1.97. The van der Waals surface area contributed by atoms with Gasteiger partial charge in [0, 0.05) is 13.1 Å². The maximum atomic E-state index is 6.12. The minimum atomic E-state index is 0.597.